The first-order valence-corrected chi connectivity index (χ1v) is 6.74. The van der Waals surface area contributed by atoms with Gasteiger partial charge in [-0.3, -0.25) is 0 Å². The summed E-state index contributed by atoms with van der Waals surface area (Å²) in [4.78, 5) is 6.38. The third-order valence-electron chi connectivity index (χ3n) is 3.29. The van der Waals surface area contributed by atoms with Crippen molar-refractivity contribution >= 4 is 5.95 Å². The zero-order chi connectivity index (χ0) is 14.5. The van der Waals surface area contributed by atoms with Crippen LogP contribution in [-0.4, -0.2) is 35.3 Å². The van der Waals surface area contributed by atoms with Crippen molar-refractivity contribution in [2.75, 3.05) is 25.5 Å². The number of aromatic nitrogens is 2. The molecule has 0 fully saturated rings. The number of benzene rings is 1. The second-order valence-corrected chi connectivity index (χ2v) is 5.10. The Morgan fingerprint density at radius 3 is 2.55 bits per heavy atom. The van der Waals surface area contributed by atoms with E-state index in [4.69, 9.17) is 0 Å². The molecule has 1 aromatic carbocycles. The SMILES string of the molecule is CN(C)c1ncc(CNCCc2ccc(O)cc2)n1C. The predicted molar refractivity (Wildman–Crippen MR) is 81.1 cm³/mol. The first-order chi connectivity index (χ1) is 9.58. The molecule has 5 heteroatoms. The molecule has 0 spiro atoms. The van der Waals surface area contributed by atoms with Gasteiger partial charge in [-0.25, -0.2) is 4.98 Å². The van der Waals surface area contributed by atoms with Gasteiger partial charge in [0.1, 0.15) is 5.75 Å². The van der Waals surface area contributed by atoms with Crippen LogP contribution in [0.25, 0.3) is 0 Å². The van der Waals surface area contributed by atoms with Crippen LogP contribution < -0.4 is 10.2 Å². The fraction of sp³-hybridized carbons (Fsp3) is 0.400. The lowest BCUT2D eigenvalue weighted by Gasteiger charge is -2.12. The Kier molecular flexibility index (Phi) is 4.63. The second-order valence-electron chi connectivity index (χ2n) is 5.10. The largest absolute Gasteiger partial charge is 0.508 e. The van der Waals surface area contributed by atoms with E-state index >= 15 is 0 Å². The van der Waals surface area contributed by atoms with E-state index < -0.39 is 0 Å². The average Bonchev–Trinajstić information content (AvgIpc) is 2.78. The maximum Gasteiger partial charge on any atom is 0.204 e. The Labute approximate surface area is 119 Å². The van der Waals surface area contributed by atoms with Crippen molar-refractivity contribution in [2.45, 2.75) is 13.0 Å². The van der Waals surface area contributed by atoms with Crippen molar-refractivity contribution < 1.29 is 5.11 Å². The molecule has 1 aromatic heterocycles. The maximum absolute atomic E-state index is 9.23. The highest BCUT2D eigenvalue weighted by Crippen LogP contribution is 2.11. The summed E-state index contributed by atoms with van der Waals surface area (Å²) >= 11 is 0. The Morgan fingerprint density at radius 1 is 1.25 bits per heavy atom. The fourth-order valence-corrected chi connectivity index (χ4v) is 2.13. The lowest BCUT2D eigenvalue weighted by Crippen LogP contribution is -2.20. The van der Waals surface area contributed by atoms with E-state index in [9.17, 15) is 5.11 Å². The van der Waals surface area contributed by atoms with Crippen LogP contribution in [0.2, 0.25) is 0 Å². The molecule has 0 aliphatic heterocycles. The molecule has 0 amide bonds. The topological polar surface area (TPSA) is 53.3 Å². The normalized spacial score (nSPS) is 10.8. The molecule has 0 saturated heterocycles. The summed E-state index contributed by atoms with van der Waals surface area (Å²) in [6.07, 6.45) is 2.85. The first kappa shape index (κ1) is 14.4. The lowest BCUT2D eigenvalue weighted by atomic mass is 10.1. The number of phenolic OH excluding ortho intramolecular Hbond substituents is 1. The molecule has 2 N–H and O–H groups in total. The van der Waals surface area contributed by atoms with Crippen molar-refractivity contribution in [3.8, 4) is 5.75 Å². The van der Waals surface area contributed by atoms with E-state index in [-0.39, 0.29) is 0 Å². The summed E-state index contributed by atoms with van der Waals surface area (Å²) in [5.41, 5.74) is 2.38. The van der Waals surface area contributed by atoms with Gasteiger partial charge in [-0.1, -0.05) is 12.1 Å². The molecule has 2 aromatic rings. The molecular weight excluding hydrogens is 252 g/mol. The van der Waals surface area contributed by atoms with Gasteiger partial charge < -0.3 is 19.9 Å². The quantitative estimate of drug-likeness (QED) is 0.784. The predicted octanol–water partition coefficient (Wildman–Crippen LogP) is 1.52. The number of phenols is 1. The van der Waals surface area contributed by atoms with E-state index in [0.717, 1.165) is 25.5 Å². The smallest absolute Gasteiger partial charge is 0.204 e. The number of anilines is 1. The summed E-state index contributed by atoms with van der Waals surface area (Å²) in [5.74, 6) is 1.27. The Balaban J connectivity index is 1.80. The van der Waals surface area contributed by atoms with E-state index in [2.05, 4.69) is 14.9 Å². The zero-order valence-electron chi connectivity index (χ0n) is 12.3. The van der Waals surface area contributed by atoms with Crippen LogP contribution in [0.15, 0.2) is 30.5 Å². The molecule has 0 unspecified atom stereocenters. The number of hydrogen-bond donors (Lipinski definition) is 2. The van der Waals surface area contributed by atoms with Gasteiger partial charge in [-0.15, -0.1) is 0 Å². The van der Waals surface area contributed by atoms with Crippen molar-refractivity contribution in [2.24, 2.45) is 7.05 Å². The van der Waals surface area contributed by atoms with Crippen LogP contribution in [0, 0.1) is 0 Å². The van der Waals surface area contributed by atoms with Crippen LogP contribution in [0.4, 0.5) is 5.95 Å². The summed E-state index contributed by atoms with van der Waals surface area (Å²) in [5, 5.41) is 12.6. The molecule has 108 valence electrons. The molecule has 5 nitrogen and oxygen atoms in total. The minimum absolute atomic E-state index is 0.313. The van der Waals surface area contributed by atoms with Gasteiger partial charge in [0.15, 0.2) is 0 Å². The third-order valence-corrected chi connectivity index (χ3v) is 3.29. The highest BCUT2D eigenvalue weighted by Gasteiger charge is 2.07. The first-order valence-electron chi connectivity index (χ1n) is 6.74. The van der Waals surface area contributed by atoms with Crippen molar-refractivity contribution in [1.29, 1.82) is 0 Å². The van der Waals surface area contributed by atoms with Crippen molar-refractivity contribution in [1.82, 2.24) is 14.9 Å². The summed E-state index contributed by atoms with van der Waals surface area (Å²) < 4.78 is 2.09. The molecule has 0 atom stereocenters. The molecule has 0 bridgehead atoms. The van der Waals surface area contributed by atoms with Crippen LogP contribution in [0.1, 0.15) is 11.3 Å². The van der Waals surface area contributed by atoms with Gasteiger partial charge in [0.25, 0.3) is 0 Å². The molecule has 0 radical (unpaired) electrons. The number of rotatable bonds is 6. The summed E-state index contributed by atoms with van der Waals surface area (Å²) in [7, 11) is 6.01. The Hall–Kier alpha value is -2.01. The van der Waals surface area contributed by atoms with Gasteiger partial charge in [0.05, 0.1) is 11.9 Å². The van der Waals surface area contributed by atoms with Crippen LogP contribution >= 0.6 is 0 Å². The number of hydrogen-bond acceptors (Lipinski definition) is 4. The van der Waals surface area contributed by atoms with Gasteiger partial charge >= 0.3 is 0 Å². The van der Waals surface area contributed by atoms with E-state index in [1.54, 1.807) is 12.1 Å². The highest BCUT2D eigenvalue weighted by molar-refractivity contribution is 5.31. The van der Waals surface area contributed by atoms with Gasteiger partial charge in [-0.05, 0) is 30.7 Å². The number of imidazole rings is 1. The Bertz CT molecular complexity index is 546. The highest BCUT2D eigenvalue weighted by atomic mass is 16.3. The van der Waals surface area contributed by atoms with E-state index in [0.29, 0.717) is 5.75 Å². The van der Waals surface area contributed by atoms with Gasteiger partial charge in [-0.2, -0.15) is 0 Å². The molecule has 20 heavy (non-hydrogen) atoms. The number of nitrogens with one attached hydrogen (secondary N) is 1. The second kappa shape index (κ2) is 6.43. The van der Waals surface area contributed by atoms with E-state index in [1.807, 2.05) is 44.4 Å². The minimum Gasteiger partial charge on any atom is -0.508 e. The molecule has 0 aliphatic carbocycles. The summed E-state index contributed by atoms with van der Waals surface area (Å²) in [6, 6.07) is 7.34. The fourth-order valence-electron chi connectivity index (χ4n) is 2.13. The van der Waals surface area contributed by atoms with Gasteiger partial charge in [0.2, 0.25) is 5.95 Å². The maximum atomic E-state index is 9.23. The minimum atomic E-state index is 0.313. The monoisotopic (exact) mass is 274 g/mol. The molecule has 2 rings (SSSR count). The van der Waals surface area contributed by atoms with E-state index in [1.165, 1.54) is 11.3 Å². The number of aromatic hydroxyl groups is 1. The van der Waals surface area contributed by atoms with Crippen LogP contribution in [0.3, 0.4) is 0 Å². The molecular formula is C15H22N4O. The Morgan fingerprint density at radius 2 is 1.95 bits per heavy atom. The molecule has 0 saturated carbocycles. The molecule has 0 aliphatic rings. The summed E-state index contributed by atoms with van der Waals surface area (Å²) in [6.45, 7) is 1.70. The standard InChI is InChI=1S/C15H22N4O/c1-18(2)15-17-11-13(19(15)3)10-16-9-8-12-4-6-14(20)7-5-12/h4-7,11,16,20H,8-10H2,1-3H3. The van der Waals surface area contributed by atoms with Crippen molar-refractivity contribution in [3.05, 3.63) is 41.7 Å². The zero-order valence-corrected chi connectivity index (χ0v) is 12.3. The van der Waals surface area contributed by atoms with Crippen LogP contribution in [-0.2, 0) is 20.0 Å². The average molecular weight is 274 g/mol. The van der Waals surface area contributed by atoms with Crippen molar-refractivity contribution in [3.63, 3.8) is 0 Å². The number of nitrogens with zero attached hydrogens (tertiary/aromatic N) is 3. The van der Waals surface area contributed by atoms with Crippen LogP contribution in [0.5, 0.6) is 5.75 Å². The molecule has 1 heterocycles. The van der Waals surface area contributed by atoms with Gasteiger partial charge in [0, 0.05) is 27.7 Å². The third kappa shape index (κ3) is 3.51. The lowest BCUT2D eigenvalue weighted by molar-refractivity contribution is 0.475.